The molecule has 1 unspecified atom stereocenters. The van der Waals surface area contributed by atoms with Crippen LogP contribution in [-0.2, 0) is 0 Å². The Bertz CT molecular complexity index is 379. The van der Waals surface area contributed by atoms with Crippen molar-refractivity contribution in [1.29, 1.82) is 0 Å². The second kappa shape index (κ2) is 3.88. The van der Waals surface area contributed by atoms with Crippen LogP contribution in [0.4, 0.5) is 0 Å². The highest BCUT2D eigenvalue weighted by Gasteiger charge is 2.24. The van der Waals surface area contributed by atoms with Crippen LogP contribution >= 0.6 is 0 Å². The quantitative estimate of drug-likeness (QED) is 0.752. The molecular formula is C11H14N2O2. The molecule has 1 aromatic rings. The van der Waals surface area contributed by atoms with Crippen LogP contribution < -0.4 is 0 Å². The second-order valence-corrected chi connectivity index (χ2v) is 4.08. The first-order valence-corrected chi connectivity index (χ1v) is 5.10. The van der Waals surface area contributed by atoms with Gasteiger partial charge in [0.25, 0.3) is 5.91 Å². The van der Waals surface area contributed by atoms with E-state index in [0.29, 0.717) is 11.5 Å². The van der Waals surface area contributed by atoms with Crippen LogP contribution in [-0.4, -0.2) is 34.0 Å². The molecule has 0 bridgehead atoms. The van der Waals surface area contributed by atoms with Gasteiger partial charge in [0.1, 0.15) is 5.75 Å². The minimum absolute atomic E-state index is 0.0353. The Hall–Kier alpha value is -1.58. The predicted molar refractivity (Wildman–Crippen MR) is 55.6 cm³/mol. The third-order valence-corrected chi connectivity index (χ3v) is 2.68. The summed E-state index contributed by atoms with van der Waals surface area (Å²) in [6, 6.07) is 1.46. The smallest absolute Gasteiger partial charge is 0.255 e. The van der Waals surface area contributed by atoms with Gasteiger partial charge in [-0.2, -0.15) is 0 Å². The van der Waals surface area contributed by atoms with Crippen LogP contribution in [0.15, 0.2) is 18.5 Å². The summed E-state index contributed by atoms with van der Waals surface area (Å²) >= 11 is 0. The highest BCUT2D eigenvalue weighted by Crippen LogP contribution is 2.18. The maximum absolute atomic E-state index is 11.9. The number of rotatable bonds is 1. The summed E-state index contributed by atoms with van der Waals surface area (Å²) in [4.78, 5) is 17.5. The first-order valence-electron chi connectivity index (χ1n) is 5.10. The summed E-state index contributed by atoms with van der Waals surface area (Å²) in [5, 5.41) is 9.22. The van der Waals surface area contributed by atoms with E-state index in [1.54, 1.807) is 4.90 Å². The van der Waals surface area contributed by atoms with Crippen LogP contribution in [0.25, 0.3) is 0 Å². The van der Waals surface area contributed by atoms with Gasteiger partial charge >= 0.3 is 0 Å². The lowest BCUT2D eigenvalue weighted by molar-refractivity contribution is 0.0787. The number of likely N-dealkylation sites (tertiary alicyclic amines) is 1. The molecule has 1 N–H and O–H groups in total. The van der Waals surface area contributed by atoms with Crippen LogP contribution in [0.2, 0.25) is 0 Å². The van der Waals surface area contributed by atoms with Crippen LogP contribution in [0.3, 0.4) is 0 Å². The lowest BCUT2D eigenvalue weighted by Gasteiger charge is -2.15. The number of hydrogen-bond donors (Lipinski definition) is 1. The van der Waals surface area contributed by atoms with Gasteiger partial charge in [-0.15, -0.1) is 0 Å². The zero-order valence-corrected chi connectivity index (χ0v) is 8.68. The third kappa shape index (κ3) is 2.09. The largest absolute Gasteiger partial charge is 0.506 e. The van der Waals surface area contributed by atoms with Gasteiger partial charge in [-0.1, -0.05) is 6.92 Å². The van der Waals surface area contributed by atoms with E-state index < -0.39 is 0 Å². The van der Waals surface area contributed by atoms with Gasteiger partial charge in [0.15, 0.2) is 0 Å². The Balaban J connectivity index is 2.14. The minimum atomic E-state index is -0.0391. The summed E-state index contributed by atoms with van der Waals surface area (Å²) in [6.45, 7) is 3.73. The number of pyridine rings is 1. The van der Waals surface area contributed by atoms with E-state index >= 15 is 0 Å². The monoisotopic (exact) mass is 206 g/mol. The minimum Gasteiger partial charge on any atom is -0.506 e. The van der Waals surface area contributed by atoms with Crippen molar-refractivity contribution in [3.05, 3.63) is 24.0 Å². The molecule has 0 radical (unpaired) electrons. The van der Waals surface area contributed by atoms with Crippen molar-refractivity contribution >= 4 is 5.91 Å². The summed E-state index contributed by atoms with van der Waals surface area (Å²) < 4.78 is 0. The molecule has 1 atom stereocenters. The van der Waals surface area contributed by atoms with Gasteiger partial charge in [0.2, 0.25) is 0 Å². The molecular weight excluding hydrogens is 192 g/mol. The predicted octanol–water partition coefficient (Wildman–Crippen LogP) is 1.27. The Labute approximate surface area is 88.6 Å². The molecule has 80 valence electrons. The molecule has 0 saturated carbocycles. The topological polar surface area (TPSA) is 53.4 Å². The SMILES string of the molecule is CC1CCN(C(=O)c2cncc(O)c2)C1. The molecule has 0 spiro atoms. The molecule has 2 heterocycles. The zero-order valence-electron chi connectivity index (χ0n) is 8.68. The van der Waals surface area contributed by atoms with Gasteiger partial charge in [-0.3, -0.25) is 9.78 Å². The first kappa shape index (κ1) is 9.96. The van der Waals surface area contributed by atoms with E-state index in [1.807, 2.05) is 0 Å². The van der Waals surface area contributed by atoms with E-state index in [-0.39, 0.29) is 11.7 Å². The van der Waals surface area contributed by atoms with Crippen LogP contribution in [0.5, 0.6) is 5.75 Å². The number of carbonyl (C=O) groups excluding carboxylic acids is 1. The van der Waals surface area contributed by atoms with Gasteiger partial charge in [0, 0.05) is 19.3 Å². The summed E-state index contributed by atoms with van der Waals surface area (Å²) in [5.41, 5.74) is 0.462. The first-order chi connectivity index (χ1) is 7.16. The maximum Gasteiger partial charge on any atom is 0.255 e. The molecule has 1 aliphatic heterocycles. The summed E-state index contributed by atoms with van der Waals surface area (Å²) in [7, 11) is 0. The summed E-state index contributed by atoms with van der Waals surface area (Å²) in [6.07, 6.45) is 3.87. The Morgan fingerprint density at radius 2 is 2.40 bits per heavy atom. The number of hydrogen-bond acceptors (Lipinski definition) is 3. The van der Waals surface area contributed by atoms with Crippen LogP contribution in [0, 0.1) is 5.92 Å². The maximum atomic E-state index is 11.9. The van der Waals surface area contributed by atoms with Gasteiger partial charge in [-0.25, -0.2) is 0 Å². The van der Waals surface area contributed by atoms with Crippen molar-refractivity contribution < 1.29 is 9.90 Å². The normalized spacial score (nSPS) is 20.6. The van der Waals surface area contributed by atoms with Gasteiger partial charge < -0.3 is 10.0 Å². The average molecular weight is 206 g/mol. The zero-order chi connectivity index (χ0) is 10.8. The molecule has 0 aliphatic carbocycles. The van der Waals surface area contributed by atoms with Crippen LogP contribution in [0.1, 0.15) is 23.7 Å². The fourth-order valence-electron chi connectivity index (χ4n) is 1.85. The van der Waals surface area contributed by atoms with Crippen molar-refractivity contribution in [2.24, 2.45) is 5.92 Å². The molecule has 15 heavy (non-hydrogen) atoms. The molecule has 0 aromatic carbocycles. The number of amides is 1. The van der Waals surface area contributed by atoms with Gasteiger partial charge in [0.05, 0.1) is 11.8 Å². The Morgan fingerprint density at radius 3 is 3.00 bits per heavy atom. The van der Waals surface area contributed by atoms with E-state index in [9.17, 15) is 9.90 Å². The molecule has 4 heteroatoms. The lowest BCUT2D eigenvalue weighted by atomic mass is 10.2. The second-order valence-electron chi connectivity index (χ2n) is 4.08. The Kier molecular flexibility index (Phi) is 2.58. The van der Waals surface area contributed by atoms with Crippen molar-refractivity contribution in [3.63, 3.8) is 0 Å². The third-order valence-electron chi connectivity index (χ3n) is 2.68. The number of carbonyl (C=O) groups is 1. The van der Waals surface area contributed by atoms with Gasteiger partial charge in [-0.05, 0) is 18.4 Å². The molecule has 2 rings (SSSR count). The van der Waals surface area contributed by atoms with E-state index in [1.165, 1.54) is 18.5 Å². The fourth-order valence-corrected chi connectivity index (χ4v) is 1.85. The fraction of sp³-hybridized carbons (Fsp3) is 0.455. The highest BCUT2D eigenvalue weighted by atomic mass is 16.3. The number of aromatic nitrogens is 1. The van der Waals surface area contributed by atoms with Crippen molar-refractivity contribution in [3.8, 4) is 5.75 Å². The highest BCUT2D eigenvalue weighted by molar-refractivity contribution is 5.94. The molecule has 1 fully saturated rings. The molecule has 1 amide bonds. The van der Waals surface area contributed by atoms with E-state index in [2.05, 4.69) is 11.9 Å². The number of nitrogens with zero attached hydrogens (tertiary/aromatic N) is 2. The number of aromatic hydroxyl groups is 1. The Morgan fingerprint density at radius 1 is 1.60 bits per heavy atom. The molecule has 4 nitrogen and oxygen atoms in total. The molecule has 1 saturated heterocycles. The standard InChI is InChI=1S/C11H14N2O2/c1-8-2-3-13(7-8)11(15)9-4-10(14)6-12-5-9/h4-6,8,14H,2-3,7H2,1H3. The van der Waals surface area contributed by atoms with Crippen molar-refractivity contribution in [1.82, 2.24) is 9.88 Å². The summed E-state index contributed by atoms with van der Waals surface area (Å²) in [5.74, 6) is 0.565. The van der Waals surface area contributed by atoms with Crippen molar-refractivity contribution in [2.45, 2.75) is 13.3 Å². The lowest BCUT2D eigenvalue weighted by Crippen LogP contribution is -2.28. The molecule has 1 aromatic heterocycles. The molecule has 1 aliphatic rings. The average Bonchev–Trinajstić information content (AvgIpc) is 2.64. The van der Waals surface area contributed by atoms with E-state index in [0.717, 1.165) is 19.5 Å². The van der Waals surface area contributed by atoms with E-state index in [4.69, 9.17) is 0 Å². The van der Waals surface area contributed by atoms with Crippen molar-refractivity contribution in [2.75, 3.05) is 13.1 Å².